The van der Waals surface area contributed by atoms with Crippen LogP contribution in [0.3, 0.4) is 0 Å². The highest BCUT2D eigenvalue weighted by molar-refractivity contribution is 6.05. The van der Waals surface area contributed by atoms with Crippen LogP contribution in [0.4, 0.5) is 0 Å². The van der Waals surface area contributed by atoms with Crippen molar-refractivity contribution < 1.29 is 4.79 Å². The van der Waals surface area contributed by atoms with Crippen LogP contribution >= 0.6 is 0 Å². The molecular weight excluding hydrogens is 238 g/mol. The van der Waals surface area contributed by atoms with Crippen LogP contribution in [-0.2, 0) is 6.54 Å². The molecule has 2 heterocycles. The molecule has 0 saturated carbocycles. The van der Waals surface area contributed by atoms with Crippen molar-refractivity contribution in [3.63, 3.8) is 0 Å². The molecule has 96 valence electrons. The Hall–Kier alpha value is -2.23. The van der Waals surface area contributed by atoms with Crippen LogP contribution in [0.2, 0.25) is 0 Å². The van der Waals surface area contributed by atoms with Crippen LogP contribution in [0.25, 0.3) is 0 Å². The lowest BCUT2D eigenvalue weighted by molar-refractivity contribution is 0.101. The molecule has 0 bridgehead atoms. The van der Waals surface area contributed by atoms with Crippen LogP contribution in [0.5, 0.6) is 0 Å². The predicted molar refractivity (Wildman–Crippen MR) is 73.8 cm³/mol. The Morgan fingerprint density at radius 3 is 2.68 bits per heavy atom. The molecule has 1 aliphatic heterocycles. The number of ketones is 1. The van der Waals surface area contributed by atoms with Gasteiger partial charge in [0.2, 0.25) is 0 Å². The number of rotatable bonds is 1. The third kappa shape index (κ3) is 1.71. The zero-order chi connectivity index (χ0) is 13.6. The molecule has 3 rings (SSSR count). The molecule has 1 aliphatic rings. The smallest absolute Gasteiger partial charge is 0.163 e. The Morgan fingerprint density at radius 1 is 1.26 bits per heavy atom. The number of carbonyl (C=O) groups excluding carboxylic acids is 1. The largest absolute Gasteiger partial charge is 0.294 e. The van der Waals surface area contributed by atoms with Gasteiger partial charge in [-0.25, -0.2) is 4.68 Å². The SMILES string of the molecule is CC(=O)c1c(C)nn(C2=NCc3ccccc32)c1C. The number of benzene rings is 1. The first-order valence-corrected chi connectivity index (χ1v) is 6.30. The maximum Gasteiger partial charge on any atom is 0.163 e. The Balaban J connectivity index is 2.16. The van der Waals surface area contributed by atoms with Gasteiger partial charge < -0.3 is 0 Å². The first kappa shape index (κ1) is 11.8. The van der Waals surface area contributed by atoms with E-state index in [-0.39, 0.29) is 5.78 Å². The molecule has 0 aliphatic carbocycles. The molecule has 0 spiro atoms. The molecule has 19 heavy (non-hydrogen) atoms. The number of aliphatic imine (C=N–C) groups is 1. The molecule has 1 aromatic heterocycles. The van der Waals surface area contributed by atoms with Crippen molar-refractivity contribution in [2.45, 2.75) is 27.3 Å². The van der Waals surface area contributed by atoms with Crippen molar-refractivity contribution in [3.05, 3.63) is 52.3 Å². The maximum atomic E-state index is 11.7. The molecule has 2 aromatic rings. The lowest BCUT2D eigenvalue weighted by Crippen LogP contribution is -2.15. The third-order valence-corrected chi connectivity index (χ3v) is 3.50. The summed E-state index contributed by atoms with van der Waals surface area (Å²) in [5.74, 6) is 0.886. The van der Waals surface area contributed by atoms with E-state index in [0.29, 0.717) is 12.1 Å². The van der Waals surface area contributed by atoms with Gasteiger partial charge in [-0.1, -0.05) is 24.3 Å². The summed E-state index contributed by atoms with van der Waals surface area (Å²) in [7, 11) is 0. The van der Waals surface area contributed by atoms with Crippen LogP contribution in [0.1, 0.15) is 39.8 Å². The summed E-state index contributed by atoms with van der Waals surface area (Å²) >= 11 is 0. The number of nitrogens with zero attached hydrogens (tertiary/aromatic N) is 3. The Morgan fingerprint density at radius 2 is 2.00 bits per heavy atom. The number of hydrogen-bond donors (Lipinski definition) is 0. The van der Waals surface area contributed by atoms with Crippen LogP contribution in [-0.4, -0.2) is 21.4 Å². The molecule has 4 nitrogen and oxygen atoms in total. The number of fused-ring (bicyclic) bond motifs is 1. The van der Waals surface area contributed by atoms with Gasteiger partial charge in [-0.2, -0.15) is 5.10 Å². The van der Waals surface area contributed by atoms with Gasteiger partial charge in [0.15, 0.2) is 11.6 Å². The molecule has 0 unspecified atom stereocenters. The third-order valence-electron chi connectivity index (χ3n) is 3.50. The highest BCUT2D eigenvalue weighted by Crippen LogP contribution is 2.22. The van der Waals surface area contributed by atoms with Gasteiger partial charge in [0, 0.05) is 5.56 Å². The van der Waals surface area contributed by atoms with Crippen LogP contribution in [0, 0.1) is 13.8 Å². The van der Waals surface area contributed by atoms with Crippen molar-refractivity contribution in [1.82, 2.24) is 9.78 Å². The van der Waals surface area contributed by atoms with Gasteiger partial charge in [-0.3, -0.25) is 9.79 Å². The maximum absolute atomic E-state index is 11.7. The monoisotopic (exact) mass is 253 g/mol. The summed E-state index contributed by atoms with van der Waals surface area (Å²) in [5.41, 5.74) is 4.63. The molecule has 4 heteroatoms. The van der Waals surface area contributed by atoms with Gasteiger partial charge in [0.25, 0.3) is 0 Å². The number of aromatic nitrogens is 2. The number of hydrogen-bond acceptors (Lipinski definition) is 3. The first-order valence-electron chi connectivity index (χ1n) is 6.30. The Bertz CT molecular complexity index is 710. The van der Waals surface area contributed by atoms with Crippen molar-refractivity contribution >= 4 is 11.6 Å². The molecule has 0 fully saturated rings. The topological polar surface area (TPSA) is 47.2 Å². The fourth-order valence-electron chi connectivity index (χ4n) is 2.66. The lowest BCUT2D eigenvalue weighted by atomic mass is 10.1. The molecule has 0 radical (unpaired) electrons. The fourth-order valence-corrected chi connectivity index (χ4v) is 2.66. The summed E-state index contributed by atoms with van der Waals surface area (Å²) in [6, 6.07) is 8.13. The highest BCUT2D eigenvalue weighted by Gasteiger charge is 2.22. The summed E-state index contributed by atoms with van der Waals surface area (Å²) in [5, 5.41) is 4.48. The quantitative estimate of drug-likeness (QED) is 0.733. The molecule has 0 atom stereocenters. The fraction of sp³-hybridized carbons (Fsp3) is 0.267. The minimum atomic E-state index is 0.0492. The van der Waals surface area contributed by atoms with Gasteiger partial charge in [0.05, 0.1) is 23.5 Å². The van der Waals surface area contributed by atoms with E-state index in [1.165, 1.54) is 5.56 Å². The normalized spacial score (nSPS) is 13.3. The molecule has 0 saturated heterocycles. The van der Waals surface area contributed by atoms with E-state index in [9.17, 15) is 4.79 Å². The van der Waals surface area contributed by atoms with E-state index in [1.54, 1.807) is 11.6 Å². The van der Waals surface area contributed by atoms with E-state index in [0.717, 1.165) is 22.8 Å². The van der Waals surface area contributed by atoms with E-state index in [2.05, 4.69) is 16.2 Å². The zero-order valence-corrected chi connectivity index (χ0v) is 11.3. The Kier molecular flexibility index (Phi) is 2.59. The summed E-state index contributed by atoms with van der Waals surface area (Å²) in [6.07, 6.45) is 0. The lowest BCUT2D eigenvalue weighted by Gasteiger charge is -2.06. The molecule has 0 amide bonds. The second-order valence-electron chi connectivity index (χ2n) is 4.81. The number of carbonyl (C=O) groups is 1. The van der Waals surface area contributed by atoms with Crippen molar-refractivity contribution in [1.29, 1.82) is 0 Å². The minimum absolute atomic E-state index is 0.0492. The Labute approximate surface area is 111 Å². The van der Waals surface area contributed by atoms with E-state index >= 15 is 0 Å². The predicted octanol–water partition coefficient (Wildman–Crippen LogP) is 2.51. The average Bonchev–Trinajstić information content (AvgIpc) is 2.90. The highest BCUT2D eigenvalue weighted by atomic mass is 16.1. The van der Waals surface area contributed by atoms with E-state index in [4.69, 9.17) is 0 Å². The van der Waals surface area contributed by atoms with Gasteiger partial charge in [-0.05, 0) is 26.3 Å². The average molecular weight is 253 g/mol. The van der Waals surface area contributed by atoms with Crippen molar-refractivity contribution in [2.75, 3.05) is 0 Å². The standard InChI is InChI=1S/C15H15N3O/c1-9-14(11(3)19)10(2)18(17-9)15-13-7-5-4-6-12(13)8-16-15/h4-7H,8H2,1-3H3. The zero-order valence-electron chi connectivity index (χ0n) is 11.3. The van der Waals surface area contributed by atoms with Gasteiger partial charge in [0.1, 0.15) is 0 Å². The summed E-state index contributed by atoms with van der Waals surface area (Å²) < 4.78 is 1.79. The summed E-state index contributed by atoms with van der Waals surface area (Å²) in [4.78, 5) is 16.2. The second kappa shape index (κ2) is 4.16. The van der Waals surface area contributed by atoms with Gasteiger partial charge >= 0.3 is 0 Å². The number of Topliss-reactive ketones (excluding diaryl/α,β-unsaturated/α-hetero) is 1. The second-order valence-corrected chi connectivity index (χ2v) is 4.81. The summed E-state index contributed by atoms with van der Waals surface area (Å²) in [6.45, 7) is 6.03. The molecule has 0 N–H and O–H groups in total. The van der Waals surface area contributed by atoms with E-state index in [1.807, 2.05) is 32.0 Å². The van der Waals surface area contributed by atoms with Crippen molar-refractivity contribution in [2.24, 2.45) is 4.99 Å². The van der Waals surface area contributed by atoms with Gasteiger partial charge in [-0.15, -0.1) is 0 Å². The number of aryl methyl sites for hydroxylation is 1. The molecule has 1 aromatic carbocycles. The van der Waals surface area contributed by atoms with E-state index < -0.39 is 0 Å². The van der Waals surface area contributed by atoms with Crippen LogP contribution in [0.15, 0.2) is 29.3 Å². The minimum Gasteiger partial charge on any atom is -0.294 e. The molecular formula is C15H15N3O. The van der Waals surface area contributed by atoms with Crippen molar-refractivity contribution in [3.8, 4) is 0 Å². The first-order chi connectivity index (χ1) is 9.09. The van der Waals surface area contributed by atoms with Crippen LogP contribution < -0.4 is 0 Å².